The number of carbonyl (C=O) groups is 1. The van der Waals surface area contributed by atoms with Crippen molar-refractivity contribution in [2.45, 2.75) is 13.5 Å². The van der Waals surface area contributed by atoms with Crippen molar-refractivity contribution < 1.29 is 4.79 Å². The van der Waals surface area contributed by atoms with Gasteiger partial charge in [0.25, 0.3) is 5.56 Å². The molecule has 128 valence electrons. The van der Waals surface area contributed by atoms with E-state index in [4.69, 9.17) is 0 Å². The predicted molar refractivity (Wildman–Crippen MR) is 97.6 cm³/mol. The molecule has 0 atom stereocenters. The molecule has 1 aromatic carbocycles. The normalized spacial score (nSPS) is 11.0. The Morgan fingerprint density at radius 2 is 1.96 bits per heavy atom. The minimum Gasteiger partial charge on any atom is -0.325 e. The first-order valence-corrected chi connectivity index (χ1v) is 8.04. The van der Waals surface area contributed by atoms with E-state index in [0.29, 0.717) is 17.9 Å². The molecule has 0 spiro atoms. The molecule has 6 heteroatoms. The van der Waals surface area contributed by atoms with Crippen LogP contribution in [0.4, 0.5) is 5.69 Å². The zero-order valence-electron chi connectivity index (χ0n) is 14.3. The number of rotatable bonds is 5. The molecule has 0 unspecified atom stereocenters. The Morgan fingerprint density at radius 3 is 2.72 bits per heavy atom. The lowest BCUT2D eigenvalue weighted by atomic mass is 10.2. The van der Waals surface area contributed by atoms with Crippen LogP contribution in [0.5, 0.6) is 0 Å². The fraction of sp³-hybridized carbons (Fsp3) is 0.211. The smallest absolute Gasteiger partial charge is 0.258 e. The van der Waals surface area contributed by atoms with E-state index < -0.39 is 0 Å². The molecular weight excluding hydrogens is 316 g/mol. The molecule has 25 heavy (non-hydrogen) atoms. The number of benzene rings is 1. The van der Waals surface area contributed by atoms with Gasteiger partial charge in [-0.25, -0.2) is 4.98 Å². The molecule has 0 fully saturated rings. The van der Waals surface area contributed by atoms with Crippen LogP contribution in [0, 0.1) is 6.92 Å². The summed E-state index contributed by atoms with van der Waals surface area (Å²) in [5, 5.41) is 2.84. The number of anilines is 1. The van der Waals surface area contributed by atoms with Gasteiger partial charge in [0.15, 0.2) is 0 Å². The van der Waals surface area contributed by atoms with Gasteiger partial charge in [-0.3, -0.25) is 18.9 Å². The SMILES string of the molecule is Cc1cccn2c(=O)cc(CN(C)CC(=O)Nc3ccccc3)nc12. The van der Waals surface area contributed by atoms with E-state index in [2.05, 4.69) is 10.3 Å². The van der Waals surface area contributed by atoms with E-state index in [1.54, 1.807) is 6.20 Å². The molecule has 1 N–H and O–H groups in total. The number of carbonyl (C=O) groups excluding carboxylic acids is 1. The number of hydrogen-bond donors (Lipinski definition) is 1. The van der Waals surface area contributed by atoms with E-state index in [1.807, 2.05) is 61.3 Å². The second-order valence-corrected chi connectivity index (χ2v) is 6.06. The van der Waals surface area contributed by atoms with Crippen LogP contribution < -0.4 is 10.9 Å². The standard InChI is InChI=1S/C19H20N4O2/c1-14-7-6-10-23-18(25)11-16(21-19(14)23)12-22(2)13-17(24)20-15-8-4-3-5-9-15/h3-11H,12-13H2,1-2H3,(H,20,24). The van der Waals surface area contributed by atoms with Gasteiger partial charge in [0.2, 0.25) is 5.91 Å². The number of pyridine rings is 1. The number of aryl methyl sites for hydroxylation is 1. The first-order chi connectivity index (χ1) is 12.0. The van der Waals surface area contributed by atoms with Gasteiger partial charge in [-0.15, -0.1) is 0 Å². The van der Waals surface area contributed by atoms with Gasteiger partial charge in [-0.1, -0.05) is 24.3 Å². The van der Waals surface area contributed by atoms with Crippen molar-refractivity contribution in [1.82, 2.24) is 14.3 Å². The van der Waals surface area contributed by atoms with Gasteiger partial charge in [0.05, 0.1) is 12.2 Å². The Hall–Kier alpha value is -2.99. The highest BCUT2D eigenvalue weighted by molar-refractivity contribution is 5.92. The van der Waals surface area contributed by atoms with Gasteiger partial charge >= 0.3 is 0 Å². The third kappa shape index (κ3) is 4.10. The average molecular weight is 336 g/mol. The first kappa shape index (κ1) is 16.9. The zero-order valence-corrected chi connectivity index (χ0v) is 14.3. The summed E-state index contributed by atoms with van der Waals surface area (Å²) in [6, 6.07) is 14.6. The van der Waals surface area contributed by atoms with E-state index in [9.17, 15) is 9.59 Å². The van der Waals surface area contributed by atoms with Gasteiger partial charge in [-0.05, 0) is 37.7 Å². The van der Waals surface area contributed by atoms with Crippen molar-refractivity contribution in [3.8, 4) is 0 Å². The van der Waals surface area contributed by atoms with E-state index in [-0.39, 0.29) is 18.0 Å². The fourth-order valence-corrected chi connectivity index (χ4v) is 2.69. The van der Waals surface area contributed by atoms with Crippen molar-refractivity contribution in [2.75, 3.05) is 18.9 Å². The monoisotopic (exact) mass is 336 g/mol. The number of nitrogens with zero attached hydrogens (tertiary/aromatic N) is 3. The van der Waals surface area contributed by atoms with Crippen molar-refractivity contribution >= 4 is 17.2 Å². The summed E-state index contributed by atoms with van der Waals surface area (Å²) in [6.07, 6.45) is 1.71. The Labute approximate surface area is 145 Å². The van der Waals surface area contributed by atoms with Crippen LogP contribution >= 0.6 is 0 Å². The molecule has 0 saturated carbocycles. The summed E-state index contributed by atoms with van der Waals surface area (Å²) in [5.41, 5.74) is 2.87. The topological polar surface area (TPSA) is 66.7 Å². The Kier molecular flexibility index (Phi) is 4.90. The first-order valence-electron chi connectivity index (χ1n) is 8.04. The van der Waals surface area contributed by atoms with Crippen molar-refractivity contribution in [1.29, 1.82) is 0 Å². The van der Waals surface area contributed by atoms with Crippen LogP contribution in [0.3, 0.4) is 0 Å². The third-order valence-corrected chi connectivity index (χ3v) is 3.84. The summed E-state index contributed by atoms with van der Waals surface area (Å²) in [4.78, 5) is 30.7. The minimum absolute atomic E-state index is 0.109. The Morgan fingerprint density at radius 1 is 1.20 bits per heavy atom. The minimum atomic E-state index is -0.120. The maximum Gasteiger partial charge on any atom is 0.258 e. The lowest BCUT2D eigenvalue weighted by Gasteiger charge is -2.16. The largest absolute Gasteiger partial charge is 0.325 e. The summed E-state index contributed by atoms with van der Waals surface area (Å²) in [7, 11) is 1.83. The number of likely N-dealkylation sites (N-methyl/N-ethyl adjacent to an activating group) is 1. The molecule has 1 amide bonds. The van der Waals surface area contributed by atoms with Crippen LogP contribution in [0.2, 0.25) is 0 Å². The molecule has 0 bridgehead atoms. The highest BCUT2D eigenvalue weighted by Crippen LogP contribution is 2.08. The lowest BCUT2D eigenvalue weighted by molar-refractivity contribution is -0.117. The van der Waals surface area contributed by atoms with Crippen molar-refractivity contribution in [3.63, 3.8) is 0 Å². The van der Waals surface area contributed by atoms with Gasteiger partial charge in [0, 0.05) is 24.5 Å². The van der Waals surface area contributed by atoms with Crippen LogP contribution in [-0.2, 0) is 11.3 Å². The van der Waals surface area contributed by atoms with Crippen molar-refractivity contribution in [2.24, 2.45) is 0 Å². The van der Waals surface area contributed by atoms with E-state index >= 15 is 0 Å². The molecule has 2 aromatic heterocycles. The lowest BCUT2D eigenvalue weighted by Crippen LogP contribution is -2.30. The predicted octanol–water partition coefficient (Wildman–Crippen LogP) is 2.07. The number of hydrogen-bond acceptors (Lipinski definition) is 4. The molecule has 0 aliphatic rings. The van der Waals surface area contributed by atoms with E-state index in [0.717, 1.165) is 11.3 Å². The van der Waals surface area contributed by atoms with Gasteiger partial charge < -0.3 is 5.32 Å². The Bertz CT molecular complexity index is 951. The molecule has 6 nitrogen and oxygen atoms in total. The van der Waals surface area contributed by atoms with Crippen LogP contribution in [0.15, 0.2) is 59.5 Å². The van der Waals surface area contributed by atoms with Crippen molar-refractivity contribution in [3.05, 3.63) is 76.3 Å². The second kappa shape index (κ2) is 7.27. The molecular formula is C19H20N4O2. The molecule has 0 aliphatic heterocycles. The maximum absolute atomic E-state index is 12.2. The molecule has 0 saturated heterocycles. The van der Waals surface area contributed by atoms with Crippen LogP contribution in [-0.4, -0.2) is 33.8 Å². The quantitative estimate of drug-likeness (QED) is 0.775. The number of amides is 1. The summed E-state index contributed by atoms with van der Waals surface area (Å²) < 4.78 is 1.53. The van der Waals surface area contributed by atoms with Crippen LogP contribution in [0.1, 0.15) is 11.3 Å². The average Bonchev–Trinajstić information content (AvgIpc) is 2.56. The van der Waals surface area contributed by atoms with Crippen LogP contribution in [0.25, 0.3) is 5.65 Å². The summed E-state index contributed by atoms with van der Waals surface area (Å²) >= 11 is 0. The summed E-state index contributed by atoms with van der Waals surface area (Å²) in [5.74, 6) is -0.109. The van der Waals surface area contributed by atoms with Gasteiger partial charge in [0.1, 0.15) is 5.65 Å². The molecule has 3 aromatic rings. The number of para-hydroxylation sites is 1. The zero-order chi connectivity index (χ0) is 17.8. The van der Waals surface area contributed by atoms with Gasteiger partial charge in [-0.2, -0.15) is 0 Å². The highest BCUT2D eigenvalue weighted by Gasteiger charge is 2.10. The maximum atomic E-state index is 12.2. The molecule has 2 heterocycles. The molecule has 0 radical (unpaired) electrons. The van der Waals surface area contributed by atoms with E-state index in [1.165, 1.54) is 10.5 Å². The third-order valence-electron chi connectivity index (χ3n) is 3.84. The molecule has 3 rings (SSSR count). The Balaban J connectivity index is 1.69. The number of nitrogens with one attached hydrogen (secondary N) is 1. The highest BCUT2D eigenvalue weighted by atomic mass is 16.2. The second-order valence-electron chi connectivity index (χ2n) is 6.06. The fourth-order valence-electron chi connectivity index (χ4n) is 2.69. The number of aromatic nitrogens is 2. The number of fused-ring (bicyclic) bond motifs is 1. The molecule has 0 aliphatic carbocycles. The summed E-state index contributed by atoms with van der Waals surface area (Å²) in [6.45, 7) is 2.55.